The van der Waals surface area contributed by atoms with Crippen LogP contribution in [0.15, 0.2) is 84.9 Å². The molecule has 0 aromatic heterocycles. The summed E-state index contributed by atoms with van der Waals surface area (Å²) in [4.78, 5) is 13.1. The number of benzene rings is 3. The van der Waals surface area contributed by atoms with Crippen molar-refractivity contribution in [3.8, 4) is 11.5 Å². The zero-order valence-electron chi connectivity index (χ0n) is 21.6. The average molecular weight is 485 g/mol. The zero-order chi connectivity index (χ0) is 25.9. The number of nitrogens with zero attached hydrogens (tertiary/aromatic N) is 1. The molecule has 3 aromatic carbocycles. The molecule has 5 heteroatoms. The molecule has 188 valence electrons. The first kappa shape index (κ1) is 26.8. The lowest BCUT2D eigenvalue weighted by atomic mass is 9.88. The van der Waals surface area contributed by atoms with E-state index in [1.807, 2.05) is 30.3 Å². The molecular formula is C31H36N2O3. The van der Waals surface area contributed by atoms with Crippen molar-refractivity contribution in [2.75, 3.05) is 33.8 Å². The van der Waals surface area contributed by atoms with Crippen LogP contribution in [0.2, 0.25) is 0 Å². The predicted octanol–water partition coefficient (Wildman–Crippen LogP) is 5.68. The summed E-state index contributed by atoms with van der Waals surface area (Å²) in [6, 6.07) is 24.2. The van der Waals surface area contributed by atoms with Crippen LogP contribution in [0.4, 0.5) is 0 Å². The van der Waals surface area contributed by atoms with Crippen LogP contribution >= 0.6 is 0 Å². The Labute approximate surface area is 214 Å². The van der Waals surface area contributed by atoms with Crippen molar-refractivity contribution in [1.29, 1.82) is 0 Å². The van der Waals surface area contributed by atoms with Crippen molar-refractivity contribution >= 4 is 17.1 Å². The van der Waals surface area contributed by atoms with E-state index in [0.29, 0.717) is 19.7 Å². The minimum atomic E-state index is -0.0255. The normalized spacial score (nSPS) is 11.9. The third-order valence-electron chi connectivity index (χ3n) is 5.87. The number of phenols is 1. The summed E-state index contributed by atoms with van der Waals surface area (Å²) >= 11 is 0. The molecule has 3 rings (SSSR count). The molecule has 0 spiro atoms. The second-order valence-electron chi connectivity index (χ2n) is 8.83. The topological polar surface area (TPSA) is 61.8 Å². The largest absolute Gasteiger partial charge is 0.508 e. The Morgan fingerprint density at radius 1 is 0.917 bits per heavy atom. The number of aryl methyl sites for hydroxylation is 1. The molecule has 0 fully saturated rings. The summed E-state index contributed by atoms with van der Waals surface area (Å²) in [7, 11) is 3.46. The number of rotatable bonds is 11. The SMILES string of the molecule is CCC(=C(c1ccc(O)cc1)c1ccc(OCCNCC=CC(=O)N(C)C)cc1)c1ccc(C)cc1. The Morgan fingerprint density at radius 2 is 1.50 bits per heavy atom. The van der Waals surface area contributed by atoms with Crippen molar-refractivity contribution in [2.24, 2.45) is 0 Å². The van der Waals surface area contributed by atoms with Crippen molar-refractivity contribution in [1.82, 2.24) is 10.2 Å². The Hall–Kier alpha value is -3.83. The van der Waals surface area contributed by atoms with Crippen LogP contribution in [-0.2, 0) is 4.79 Å². The summed E-state index contributed by atoms with van der Waals surface area (Å²) in [5.74, 6) is 1.03. The van der Waals surface area contributed by atoms with E-state index in [2.05, 4.69) is 55.6 Å². The van der Waals surface area contributed by atoms with Crippen molar-refractivity contribution < 1.29 is 14.6 Å². The summed E-state index contributed by atoms with van der Waals surface area (Å²) < 4.78 is 5.90. The number of hydrogen-bond acceptors (Lipinski definition) is 4. The molecule has 0 saturated heterocycles. The summed E-state index contributed by atoms with van der Waals surface area (Å²) in [6.07, 6.45) is 4.25. The van der Waals surface area contributed by atoms with Gasteiger partial charge < -0.3 is 20.1 Å². The monoisotopic (exact) mass is 484 g/mol. The van der Waals surface area contributed by atoms with Crippen LogP contribution in [0.25, 0.3) is 11.1 Å². The molecule has 0 aliphatic rings. The van der Waals surface area contributed by atoms with Gasteiger partial charge in [-0.3, -0.25) is 4.79 Å². The van der Waals surface area contributed by atoms with E-state index in [0.717, 1.165) is 28.9 Å². The maximum absolute atomic E-state index is 11.5. The standard InChI is InChI=1S/C31H36N2O3/c1-5-29(24-10-8-23(2)9-11-24)31(25-12-16-27(34)17-13-25)26-14-18-28(19-15-26)36-22-21-32-20-6-7-30(35)33(3)4/h6-19,32,34H,5,20-22H2,1-4H3. The molecule has 1 amide bonds. The lowest BCUT2D eigenvalue weighted by Gasteiger charge is -2.17. The lowest BCUT2D eigenvalue weighted by molar-refractivity contribution is -0.123. The minimum absolute atomic E-state index is 0.0255. The molecular weight excluding hydrogens is 448 g/mol. The highest BCUT2D eigenvalue weighted by Gasteiger charge is 2.13. The average Bonchev–Trinajstić information content (AvgIpc) is 2.88. The van der Waals surface area contributed by atoms with Gasteiger partial charge in [-0.1, -0.05) is 67.1 Å². The molecule has 0 bridgehead atoms. The quantitative estimate of drug-likeness (QED) is 0.209. The number of carbonyl (C=O) groups excluding carboxylic acids is 1. The summed E-state index contributed by atoms with van der Waals surface area (Å²) in [5, 5.41) is 13.1. The molecule has 0 unspecified atom stereocenters. The van der Waals surface area contributed by atoms with Gasteiger partial charge in [0.05, 0.1) is 0 Å². The van der Waals surface area contributed by atoms with Crippen LogP contribution in [0.5, 0.6) is 11.5 Å². The Morgan fingerprint density at radius 3 is 2.08 bits per heavy atom. The predicted molar refractivity (Wildman–Crippen MR) is 148 cm³/mol. The van der Waals surface area contributed by atoms with Crippen molar-refractivity contribution in [3.63, 3.8) is 0 Å². The van der Waals surface area contributed by atoms with E-state index in [1.54, 1.807) is 32.3 Å². The zero-order valence-corrected chi connectivity index (χ0v) is 21.6. The Balaban J connectivity index is 1.73. The van der Waals surface area contributed by atoms with Gasteiger partial charge in [0.1, 0.15) is 18.1 Å². The molecule has 0 radical (unpaired) electrons. The third kappa shape index (κ3) is 7.59. The molecule has 0 aliphatic carbocycles. The van der Waals surface area contributed by atoms with Gasteiger partial charge in [-0.25, -0.2) is 0 Å². The summed E-state index contributed by atoms with van der Waals surface area (Å²) in [5.41, 5.74) is 6.98. The highest BCUT2D eigenvalue weighted by atomic mass is 16.5. The lowest BCUT2D eigenvalue weighted by Crippen LogP contribution is -2.22. The van der Waals surface area contributed by atoms with Crippen LogP contribution in [0.3, 0.4) is 0 Å². The minimum Gasteiger partial charge on any atom is -0.508 e. The van der Waals surface area contributed by atoms with Crippen LogP contribution < -0.4 is 10.1 Å². The number of phenolic OH excluding ortho intramolecular Hbond substituents is 1. The number of likely N-dealkylation sites (N-methyl/N-ethyl adjacent to an activating group) is 1. The van der Waals surface area contributed by atoms with Crippen LogP contribution in [0, 0.1) is 6.92 Å². The molecule has 5 nitrogen and oxygen atoms in total. The van der Waals surface area contributed by atoms with Gasteiger partial charge in [0.25, 0.3) is 0 Å². The second-order valence-corrected chi connectivity index (χ2v) is 8.83. The van der Waals surface area contributed by atoms with E-state index < -0.39 is 0 Å². The number of hydrogen-bond donors (Lipinski definition) is 2. The molecule has 2 N–H and O–H groups in total. The van der Waals surface area contributed by atoms with Gasteiger partial charge in [0.15, 0.2) is 0 Å². The highest BCUT2D eigenvalue weighted by Crippen LogP contribution is 2.35. The number of allylic oxidation sites excluding steroid dienone is 1. The fraction of sp³-hybridized carbons (Fsp3) is 0.258. The molecule has 3 aromatic rings. The van der Waals surface area contributed by atoms with E-state index in [-0.39, 0.29) is 11.7 Å². The highest BCUT2D eigenvalue weighted by molar-refractivity contribution is 5.98. The van der Waals surface area contributed by atoms with Gasteiger partial charge in [-0.2, -0.15) is 0 Å². The van der Waals surface area contributed by atoms with E-state index >= 15 is 0 Å². The van der Waals surface area contributed by atoms with Crippen molar-refractivity contribution in [3.05, 3.63) is 107 Å². The second kappa shape index (κ2) is 13.3. The first-order chi connectivity index (χ1) is 17.4. The molecule has 36 heavy (non-hydrogen) atoms. The first-order valence-corrected chi connectivity index (χ1v) is 12.3. The number of carbonyl (C=O) groups is 1. The van der Waals surface area contributed by atoms with Gasteiger partial charge in [-0.05, 0) is 65.4 Å². The fourth-order valence-electron chi connectivity index (χ4n) is 3.88. The summed E-state index contributed by atoms with van der Waals surface area (Å²) in [6.45, 7) is 6.08. The molecule has 0 saturated carbocycles. The van der Waals surface area contributed by atoms with E-state index in [9.17, 15) is 9.90 Å². The van der Waals surface area contributed by atoms with Gasteiger partial charge in [0.2, 0.25) is 5.91 Å². The van der Waals surface area contributed by atoms with Gasteiger partial charge in [0, 0.05) is 33.3 Å². The van der Waals surface area contributed by atoms with Crippen LogP contribution in [-0.4, -0.2) is 49.7 Å². The van der Waals surface area contributed by atoms with E-state index in [4.69, 9.17) is 4.74 Å². The number of aromatic hydroxyl groups is 1. The van der Waals surface area contributed by atoms with Gasteiger partial charge >= 0.3 is 0 Å². The first-order valence-electron chi connectivity index (χ1n) is 12.3. The number of ether oxygens (including phenoxy) is 1. The number of amides is 1. The van der Waals surface area contributed by atoms with Crippen molar-refractivity contribution in [2.45, 2.75) is 20.3 Å². The van der Waals surface area contributed by atoms with E-state index in [1.165, 1.54) is 21.6 Å². The molecule has 0 heterocycles. The Kier molecular flexibility index (Phi) is 9.90. The maximum atomic E-state index is 11.5. The Bertz CT molecular complexity index is 1180. The number of nitrogens with one attached hydrogen (secondary N) is 1. The maximum Gasteiger partial charge on any atom is 0.245 e. The molecule has 0 atom stereocenters. The third-order valence-corrected chi connectivity index (χ3v) is 5.87. The fourth-order valence-corrected chi connectivity index (χ4v) is 3.88. The molecule has 0 aliphatic heterocycles. The smallest absolute Gasteiger partial charge is 0.245 e. The van der Waals surface area contributed by atoms with Crippen LogP contribution in [0.1, 0.15) is 35.6 Å². The van der Waals surface area contributed by atoms with Gasteiger partial charge in [-0.15, -0.1) is 0 Å².